The van der Waals surface area contributed by atoms with E-state index in [1.807, 2.05) is 6.92 Å². The minimum Gasteiger partial charge on any atom is -0.455 e. The van der Waals surface area contributed by atoms with Crippen molar-refractivity contribution in [2.75, 3.05) is 23.4 Å². The molecule has 0 saturated carbocycles. The van der Waals surface area contributed by atoms with Crippen molar-refractivity contribution in [1.29, 1.82) is 0 Å². The van der Waals surface area contributed by atoms with Gasteiger partial charge in [0.05, 0.1) is 5.92 Å². The highest BCUT2D eigenvalue weighted by Gasteiger charge is 2.36. The van der Waals surface area contributed by atoms with Crippen molar-refractivity contribution in [3.63, 3.8) is 0 Å². The number of nitrogens with one attached hydrogen (secondary N) is 1. The lowest BCUT2D eigenvalue weighted by atomic mass is 10.1. The summed E-state index contributed by atoms with van der Waals surface area (Å²) in [5.74, 6) is -2.46. The number of aryl methyl sites for hydroxylation is 1. The van der Waals surface area contributed by atoms with Crippen LogP contribution >= 0.6 is 11.6 Å². The summed E-state index contributed by atoms with van der Waals surface area (Å²) in [4.78, 5) is 37.8. The molecule has 0 aliphatic carbocycles. The van der Waals surface area contributed by atoms with E-state index in [0.29, 0.717) is 16.4 Å². The van der Waals surface area contributed by atoms with Gasteiger partial charge in [0.1, 0.15) is 5.82 Å². The SMILES string of the molecule is Cc1ccc(N2C[C@H](C(=O)OCC(=O)Nc3ccc(F)cc3)CC2=O)cc1Cl. The summed E-state index contributed by atoms with van der Waals surface area (Å²) < 4.78 is 17.9. The summed E-state index contributed by atoms with van der Waals surface area (Å²) in [6, 6.07) is 10.5. The molecule has 2 aromatic rings. The number of esters is 1. The maximum absolute atomic E-state index is 12.9. The molecule has 1 aliphatic rings. The van der Waals surface area contributed by atoms with Crippen LogP contribution in [0.1, 0.15) is 12.0 Å². The molecule has 28 heavy (non-hydrogen) atoms. The first-order valence-corrected chi connectivity index (χ1v) is 9.00. The molecule has 6 nitrogen and oxygen atoms in total. The van der Waals surface area contributed by atoms with Crippen molar-refractivity contribution < 1.29 is 23.5 Å². The number of hydrogen-bond donors (Lipinski definition) is 1. The van der Waals surface area contributed by atoms with Crippen LogP contribution < -0.4 is 10.2 Å². The Labute approximate surface area is 166 Å². The van der Waals surface area contributed by atoms with Gasteiger partial charge in [-0.1, -0.05) is 17.7 Å². The molecule has 1 heterocycles. The zero-order valence-corrected chi connectivity index (χ0v) is 15.8. The minimum atomic E-state index is -0.661. The van der Waals surface area contributed by atoms with Crippen LogP contribution in [0.25, 0.3) is 0 Å². The van der Waals surface area contributed by atoms with E-state index in [-0.39, 0.29) is 18.9 Å². The highest BCUT2D eigenvalue weighted by molar-refractivity contribution is 6.31. The van der Waals surface area contributed by atoms with Crippen molar-refractivity contribution in [2.24, 2.45) is 5.92 Å². The number of benzene rings is 2. The van der Waals surface area contributed by atoms with Crippen molar-refractivity contribution in [2.45, 2.75) is 13.3 Å². The highest BCUT2D eigenvalue weighted by atomic mass is 35.5. The molecule has 3 rings (SSSR count). The summed E-state index contributed by atoms with van der Waals surface area (Å²) in [6.45, 7) is 1.53. The number of halogens is 2. The van der Waals surface area contributed by atoms with Gasteiger partial charge in [0, 0.05) is 29.4 Å². The minimum absolute atomic E-state index is 0.00388. The Hall–Kier alpha value is -2.93. The normalized spacial score (nSPS) is 16.2. The first kappa shape index (κ1) is 19.8. The van der Waals surface area contributed by atoms with Gasteiger partial charge in [-0.15, -0.1) is 0 Å². The molecule has 1 aliphatic heterocycles. The van der Waals surface area contributed by atoms with Gasteiger partial charge >= 0.3 is 5.97 Å². The summed E-state index contributed by atoms with van der Waals surface area (Å²) in [5.41, 5.74) is 1.89. The predicted molar refractivity (Wildman–Crippen MR) is 103 cm³/mol. The Kier molecular flexibility index (Phi) is 5.94. The second-order valence-corrected chi connectivity index (χ2v) is 6.91. The average Bonchev–Trinajstić information content (AvgIpc) is 3.06. The van der Waals surface area contributed by atoms with E-state index in [4.69, 9.17) is 16.3 Å². The molecule has 0 aromatic heterocycles. The van der Waals surface area contributed by atoms with E-state index in [2.05, 4.69) is 5.32 Å². The number of ether oxygens (including phenoxy) is 1. The quantitative estimate of drug-likeness (QED) is 0.776. The topological polar surface area (TPSA) is 75.7 Å². The molecule has 0 radical (unpaired) electrons. The number of carbonyl (C=O) groups is 3. The van der Waals surface area contributed by atoms with E-state index in [9.17, 15) is 18.8 Å². The zero-order valence-electron chi connectivity index (χ0n) is 15.1. The van der Waals surface area contributed by atoms with Gasteiger partial charge in [0.2, 0.25) is 5.91 Å². The number of anilines is 2. The predicted octanol–water partition coefficient (Wildman–Crippen LogP) is 3.32. The van der Waals surface area contributed by atoms with Crippen LogP contribution in [0.5, 0.6) is 0 Å². The highest BCUT2D eigenvalue weighted by Crippen LogP contribution is 2.29. The first-order chi connectivity index (χ1) is 13.3. The van der Waals surface area contributed by atoms with Crippen LogP contribution in [0.15, 0.2) is 42.5 Å². The number of rotatable bonds is 5. The second kappa shape index (κ2) is 8.39. The van der Waals surface area contributed by atoms with E-state index in [0.717, 1.165) is 5.56 Å². The number of amides is 2. The summed E-state index contributed by atoms with van der Waals surface area (Å²) in [7, 11) is 0. The third-order valence-electron chi connectivity index (χ3n) is 4.40. The number of hydrogen-bond acceptors (Lipinski definition) is 4. The molecule has 1 saturated heterocycles. The largest absolute Gasteiger partial charge is 0.455 e. The molecule has 1 atom stereocenters. The number of nitrogens with zero attached hydrogens (tertiary/aromatic N) is 1. The van der Waals surface area contributed by atoms with Gasteiger partial charge in [-0.05, 0) is 48.9 Å². The lowest BCUT2D eigenvalue weighted by Crippen LogP contribution is -2.28. The Morgan fingerprint density at radius 1 is 1.25 bits per heavy atom. The molecular formula is C20H18ClFN2O4. The Morgan fingerprint density at radius 2 is 1.96 bits per heavy atom. The molecule has 0 spiro atoms. The van der Waals surface area contributed by atoms with E-state index in [1.54, 1.807) is 18.2 Å². The maximum atomic E-state index is 12.9. The molecule has 146 valence electrons. The Morgan fingerprint density at radius 3 is 2.64 bits per heavy atom. The molecule has 0 unspecified atom stereocenters. The molecule has 1 fully saturated rings. The van der Waals surface area contributed by atoms with Gasteiger partial charge in [-0.3, -0.25) is 14.4 Å². The van der Waals surface area contributed by atoms with E-state index >= 15 is 0 Å². The van der Waals surface area contributed by atoms with Gasteiger partial charge in [-0.2, -0.15) is 0 Å². The van der Waals surface area contributed by atoms with Crippen LogP contribution in [-0.4, -0.2) is 30.9 Å². The van der Waals surface area contributed by atoms with Gasteiger partial charge < -0.3 is 15.0 Å². The zero-order chi connectivity index (χ0) is 20.3. The molecule has 0 bridgehead atoms. The van der Waals surface area contributed by atoms with Crippen molar-refractivity contribution in [3.05, 3.63) is 58.9 Å². The molecule has 8 heteroatoms. The van der Waals surface area contributed by atoms with Crippen molar-refractivity contribution >= 4 is 40.8 Å². The maximum Gasteiger partial charge on any atom is 0.311 e. The van der Waals surface area contributed by atoms with Crippen LogP contribution in [0, 0.1) is 18.7 Å². The van der Waals surface area contributed by atoms with Gasteiger partial charge in [-0.25, -0.2) is 4.39 Å². The fourth-order valence-corrected chi connectivity index (χ4v) is 3.02. The molecule has 2 aromatic carbocycles. The van der Waals surface area contributed by atoms with Crippen LogP contribution in [0.2, 0.25) is 5.02 Å². The Bertz CT molecular complexity index is 917. The first-order valence-electron chi connectivity index (χ1n) is 8.62. The lowest BCUT2D eigenvalue weighted by Gasteiger charge is -2.17. The smallest absolute Gasteiger partial charge is 0.311 e. The molecular weight excluding hydrogens is 387 g/mol. The summed E-state index contributed by atoms with van der Waals surface area (Å²) in [6.07, 6.45) is 0.00388. The number of carbonyl (C=O) groups excluding carboxylic acids is 3. The average molecular weight is 405 g/mol. The lowest BCUT2D eigenvalue weighted by molar-refractivity contribution is -0.151. The summed E-state index contributed by atoms with van der Waals surface area (Å²) in [5, 5.41) is 3.03. The standard InChI is InChI=1S/C20H18ClFN2O4/c1-12-2-7-16(9-17(12)21)24-10-13(8-19(24)26)20(27)28-11-18(25)23-15-5-3-14(22)4-6-15/h2-7,9,13H,8,10-11H2,1H3,(H,23,25)/t13-/m1/s1. The molecule has 1 N–H and O–H groups in total. The van der Waals surface area contributed by atoms with Crippen molar-refractivity contribution in [3.8, 4) is 0 Å². The third-order valence-corrected chi connectivity index (χ3v) is 4.81. The van der Waals surface area contributed by atoms with Crippen LogP contribution in [-0.2, 0) is 19.1 Å². The van der Waals surface area contributed by atoms with Crippen molar-refractivity contribution in [1.82, 2.24) is 0 Å². The van der Waals surface area contributed by atoms with Crippen LogP contribution in [0.3, 0.4) is 0 Å². The molecule has 2 amide bonds. The third kappa shape index (κ3) is 4.67. The summed E-state index contributed by atoms with van der Waals surface area (Å²) >= 11 is 6.10. The van der Waals surface area contributed by atoms with E-state index < -0.39 is 30.2 Å². The van der Waals surface area contributed by atoms with Gasteiger partial charge in [0.15, 0.2) is 6.61 Å². The fourth-order valence-electron chi connectivity index (χ4n) is 2.85. The monoisotopic (exact) mass is 404 g/mol. The Balaban J connectivity index is 1.53. The van der Waals surface area contributed by atoms with Crippen LogP contribution in [0.4, 0.5) is 15.8 Å². The fraction of sp³-hybridized carbons (Fsp3) is 0.250. The van der Waals surface area contributed by atoms with Gasteiger partial charge in [0.25, 0.3) is 5.91 Å². The second-order valence-electron chi connectivity index (χ2n) is 6.50. The van der Waals surface area contributed by atoms with E-state index in [1.165, 1.54) is 29.2 Å².